The summed E-state index contributed by atoms with van der Waals surface area (Å²) in [5.74, 6) is -0.215. The Hall–Kier alpha value is -1.95. The predicted molar refractivity (Wildman–Crippen MR) is 57.4 cm³/mol. The SMILES string of the molecule is O=C(NNc1nccs1)c1ccncc1. The van der Waals surface area contributed by atoms with Gasteiger partial charge in [-0.15, -0.1) is 11.3 Å². The molecular formula is C9H8N4OS. The van der Waals surface area contributed by atoms with Gasteiger partial charge < -0.3 is 0 Å². The number of hydrazine groups is 1. The molecule has 2 aromatic heterocycles. The summed E-state index contributed by atoms with van der Waals surface area (Å²) in [6, 6.07) is 3.28. The van der Waals surface area contributed by atoms with Crippen molar-refractivity contribution >= 4 is 22.4 Å². The molecule has 0 saturated carbocycles. The van der Waals surface area contributed by atoms with Crippen molar-refractivity contribution in [3.05, 3.63) is 41.7 Å². The zero-order chi connectivity index (χ0) is 10.5. The molecule has 2 heterocycles. The van der Waals surface area contributed by atoms with E-state index in [-0.39, 0.29) is 5.91 Å². The monoisotopic (exact) mass is 220 g/mol. The lowest BCUT2D eigenvalue weighted by atomic mass is 10.3. The van der Waals surface area contributed by atoms with Crippen molar-refractivity contribution in [1.29, 1.82) is 0 Å². The summed E-state index contributed by atoms with van der Waals surface area (Å²) in [4.78, 5) is 19.3. The normalized spacial score (nSPS) is 9.60. The van der Waals surface area contributed by atoms with Gasteiger partial charge in [-0.25, -0.2) is 4.98 Å². The number of pyridine rings is 1. The second-order valence-electron chi connectivity index (χ2n) is 2.65. The van der Waals surface area contributed by atoms with E-state index in [1.807, 2.05) is 5.38 Å². The lowest BCUT2D eigenvalue weighted by molar-refractivity contribution is 0.0962. The van der Waals surface area contributed by atoms with E-state index in [1.54, 1.807) is 30.7 Å². The first kappa shape index (κ1) is 9.60. The molecule has 2 rings (SSSR count). The van der Waals surface area contributed by atoms with Gasteiger partial charge in [-0.05, 0) is 12.1 Å². The van der Waals surface area contributed by atoms with E-state index in [0.29, 0.717) is 10.7 Å². The van der Waals surface area contributed by atoms with Gasteiger partial charge in [0.05, 0.1) is 0 Å². The van der Waals surface area contributed by atoms with Crippen molar-refractivity contribution in [2.75, 3.05) is 5.43 Å². The minimum Gasteiger partial charge on any atom is -0.273 e. The first-order valence-electron chi connectivity index (χ1n) is 4.22. The molecule has 0 radical (unpaired) electrons. The van der Waals surface area contributed by atoms with Crippen LogP contribution in [0.5, 0.6) is 0 Å². The van der Waals surface area contributed by atoms with Crippen LogP contribution in [0.15, 0.2) is 36.1 Å². The lowest BCUT2D eigenvalue weighted by Gasteiger charge is -2.04. The smallest absolute Gasteiger partial charge is 0.269 e. The van der Waals surface area contributed by atoms with E-state index >= 15 is 0 Å². The Morgan fingerprint density at radius 1 is 1.27 bits per heavy atom. The molecule has 2 N–H and O–H groups in total. The maximum atomic E-state index is 11.5. The Labute approximate surface area is 90.2 Å². The predicted octanol–water partition coefficient (Wildman–Crippen LogP) is 1.29. The molecule has 0 bridgehead atoms. The number of rotatable bonds is 3. The Bertz CT molecular complexity index is 429. The molecule has 0 saturated heterocycles. The maximum absolute atomic E-state index is 11.5. The summed E-state index contributed by atoms with van der Waals surface area (Å²) >= 11 is 1.41. The van der Waals surface area contributed by atoms with E-state index in [1.165, 1.54) is 11.3 Å². The van der Waals surface area contributed by atoms with Crippen LogP contribution < -0.4 is 10.9 Å². The molecular weight excluding hydrogens is 212 g/mol. The zero-order valence-corrected chi connectivity index (χ0v) is 8.49. The van der Waals surface area contributed by atoms with Gasteiger partial charge in [0, 0.05) is 29.5 Å². The Kier molecular flexibility index (Phi) is 2.89. The highest BCUT2D eigenvalue weighted by Gasteiger charge is 2.03. The summed E-state index contributed by atoms with van der Waals surface area (Å²) in [7, 11) is 0. The van der Waals surface area contributed by atoms with Gasteiger partial charge in [0.25, 0.3) is 5.91 Å². The van der Waals surface area contributed by atoms with Crippen LogP contribution in [0.2, 0.25) is 0 Å². The zero-order valence-electron chi connectivity index (χ0n) is 7.68. The summed E-state index contributed by atoms with van der Waals surface area (Å²) in [6.45, 7) is 0. The van der Waals surface area contributed by atoms with Crippen LogP contribution >= 0.6 is 11.3 Å². The molecule has 0 spiro atoms. The molecule has 6 heteroatoms. The largest absolute Gasteiger partial charge is 0.273 e. The van der Waals surface area contributed by atoms with Crippen LogP contribution in [0.25, 0.3) is 0 Å². The Balaban J connectivity index is 1.94. The summed E-state index contributed by atoms with van der Waals surface area (Å²) < 4.78 is 0. The van der Waals surface area contributed by atoms with Crippen LogP contribution in [-0.2, 0) is 0 Å². The van der Waals surface area contributed by atoms with Crippen molar-refractivity contribution in [3.8, 4) is 0 Å². The highest BCUT2D eigenvalue weighted by Crippen LogP contribution is 2.08. The van der Waals surface area contributed by atoms with E-state index in [4.69, 9.17) is 0 Å². The van der Waals surface area contributed by atoms with Crippen molar-refractivity contribution in [1.82, 2.24) is 15.4 Å². The molecule has 0 aliphatic rings. The minimum absolute atomic E-state index is 0.215. The number of hydrogen-bond acceptors (Lipinski definition) is 5. The van der Waals surface area contributed by atoms with Gasteiger partial charge in [0.2, 0.25) is 5.13 Å². The second-order valence-corrected chi connectivity index (χ2v) is 3.55. The number of amides is 1. The van der Waals surface area contributed by atoms with Crippen molar-refractivity contribution in [2.45, 2.75) is 0 Å². The average Bonchev–Trinajstić information content (AvgIpc) is 2.80. The van der Waals surface area contributed by atoms with Crippen LogP contribution in [0.1, 0.15) is 10.4 Å². The Morgan fingerprint density at radius 3 is 2.73 bits per heavy atom. The third-order valence-corrected chi connectivity index (χ3v) is 2.35. The molecule has 2 aromatic rings. The number of nitrogens with zero attached hydrogens (tertiary/aromatic N) is 2. The van der Waals surface area contributed by atoms with Crippen LogP contribution in [0.4, 0.5) is 5.13 Å². The molecule has 0 aromatic carbocycles. The van der Waals surface area contributed by atoms with E-state index in [0.717, 1.165) is 0 Å². The molecule has 76 valence electrons. The first-order chi connectivity index (χ1) is 7.36. The van der Waals surface area contributed by atoms with Gasteiger partial charge in [-0.3, -0.25) is 20.6 Å². The molecule has 5 nitrogen and oxygen atoms in total. The third kappa shape index (κ3) is 2.50. The van der Waals surface area contributed by atoms with Crippen LogP contribution in [-0.4, -0.2) is 15.9 Å². The molecule has 0 fully saturated rings. The number of hydrogen-bond donors (Lipinski definition) is 2. The molecule has 0 unspecified atom stereocenters. The third-order valence-electron chi connectivity index (χ3n) is 1.66. The molecule has 15 heavy (non-hydrogen) atoms. The van der Waals surface area contributed by atoms with E-state index < -0.39 is 0 Å². The number of anilines is 1. The fraction of sp³-hybridized carbons (Fsp3) is 0. The van der Waals surface area contributed by atoms with Gasteiger partial charge in [-0.1, -0.05) is 0 Å². The van der Waals surface area contributed by atoms with Crippen LogP contribution in [0.3, 0.4) is 0 Å². The maximum Gasteiger partial charge on any atom is 0.269 e. The number of aromatic nitrogens is 2. The molecule has 1 amide bonds. The standard InChI is InChI=1S/C9H8N4OS/c14-8(7-1-3-10-4-2-7)12-13-9-11-5-6-15-9/h1-6H,(H,11,13)(H,12,14). The molecule has 0 atom stereocenters. The van der Waals surface area contributed by atoms with Gasteiger partial charge >= 0.3 is 0 Å². The number of thiazole rings is 1. The quantitative estimate of drug-likeness (QED) is 0.765. The highest BCUT2D eigenvalue weighted by atomic mass is 32.1. The fourth-order valence-electron chi connectivity index (χ4n) is 0.971. The van der Waals surface area contributed by atoms with E-state index in [9.17, 15) is 4.79 Å². The summed E-state index contributed by atoms with van der Waals surface area (Å²) in [5, 5.41) is 2.47. The average molecular weight is 220 g/mol. The number of carbonyl (C=O) groups is 1. The van der Waals surface area contributed by atoms with Gasteiger partial charge in [0.1, 0.15) is 0 Å². The number of carbonyl (C=O) groups excluding carboxylic acids is 1. The fourth-order valence-corrected chi connectivity index (χ4v) is 1.45. The highest BCUT2D eigenvalue weighted by molar-refractivity contribution is 7.13. The molecule has 0 aliphatic heterocycles. The summed E-state index contributed by atoms with van der Waals surface area (Å²) in [5.41, 5.74) is 5.79. The van der Waals surface area contributed by atoms with Gasteiger partial charge in [-0.2, -0.15) is 0 Å². The summed E-state index contributed by atoms with van der Waals surface area (Å²) in [6.07, 6.45) is 4.79. The lowest BCUT2D eigenvalue weighted by Crippen LogP contribution is -2.29. The van der Waals surface area contributed by atoms with Gasteiger partial charge in [0.15, 0.2) is 0 Å². The van der Waals surface area contributed by atoms with E-state index in [2.05, 4.69) is 20.8 Å². The first-order valence-corrected chi connectivity index (χ1v) is 5.10. The molecule has 0 aliphatic carbocycles. The van der Waals surface area contributed by atoms with Crippen LogP contribution in [0, 0.1) is 0 Å². The Morgan fingerprint density at radius 2 is 2.07 bits per heavy atom. The second kappa shape index (κ2) is 4.52. The van der Waals surface area contributed by atoms with Crippen molar-refractivity contribution < 1.29 is 4.79 Å². The topological polar surface area (TPSA) is 66.9 Å². The number of nitrogens with one attached hydrogen (secondary N) is 2. The van der Waals surface area contributed by atoms with Crippen molar-refractivity contribution in [3.63, 3.8) is 0 Å². The van der Waals surface area contributed by atoms with Crippen molar-refractivity contribution in [2.24, 2.45) is 0 Å². The minimum atomic E-state index is -0.215.